The Hall–Kier alpha value is -4.17. The fraction of sp³-hybridized carbons (Fsp3) is 0.375. The lowest BCUT2D eigenvalue weighted by molar-refractivity contribution is -0.143. The lowest BCUT2D eigenvalue weighted by Crippen LogP contribution is -2.29. The summed E-state index contributed by atoms with van der Waals surface area (Å²) in [6, 6.07) is 2.61. The van der Waals surface area contributed by atoms with E-state index in [1.807, 2.05) is 6.92 Å². The van der Waals surface area contributed by atoms with Gasteiger partial charge in [-0.1, -0.05) is 0 Å². The van der Waals surface area contributed by atoms with Crippen molar-refractivity contribution in [2.75, 3.05) is 32.6 Å². The van der Waals surface area contributed by atoms with Crippen LogP contribution in [0.2, 0.25) is 0 Å². The van der Waals surface area contributed by atoms with Crippen molar-refractivity contribution in [1.82, 2.24) is 30.0 Å². The van der Waals surface area contributed by atoms with Gasteiger partial charge in [-0.15, -0.1) is 5.10 Å². The normalized spacial score (nSPS) is 12.7. The standard InChI is InChI=1S/C24H25F6N7O2/c1-6-36(5)21(39)14-7-8-18(31-12-14)37-19(33-22(34-37)35(3)4)13(2)32-20(38)15-9-16(23(25,26)27)11-17(10-15)24(28,29)30/h7-13H,6H2,1-5H3,(H,32,38). The molecule has 0 aliphatic carbocycles. The topological polar surface area (TPSA) is 96.3 Å². The first-order valence-electron chi connectivity index (χ1n) is 11.5. The molecule has 0 bridgehead atoms. The largest absolute Gasteiger partial charge is 0.416 e. The van der Waals surface area contributed by atoms with Crippen molar-refractivity contribution < 1.29 is 35.9 Å². The molecule has 0 aliphatic rings. The number of anilines is 1. The van der Waals surface area contributed by atoms with E-state index in [-0.39, 0.29) is 29.6 Å². The molecule has 210 valence electrons. The zero-order valence-corrected chi connectivity index (χ0v) is 21.5. The number of alkyl halides is 6. The van der Waals surface area contributed by atoms with Gasteiger partial charge in [0.05, 0.1) is 22.7 Å². The molecule has 0 radical (unpaired) electrons. The van der Waals surface area contributed by atoms with Crippen LogP contribution in [0.25, 0.3) is 5.82 Å². The second-order valence-electron chi connectivity index (χ2n) is 8.79. The first kappa shape index (κ1) is 29.4. The highest BCUT2D eigenvalue weighted by Crippen LogP contribution is 2.36. The van der Waals surface area contributed by atoms with E-state index in [2.05, 4.69) is 20.4 Å². The maximum Gasteiger partial charge on any atom is 0.416 e. The van der Waals surface area contributed by atoms with Gasteiger partial charge in [0, 0.05) is 39.4 Å². The molecule has 0 saturated carbocycles. The van der Waals surface area contributed by atoms with Crippen LogP contribution in [-0.2, 0) is 12.4 Å². The number of benzene rings is 1. The molecular weight excluding hydrogens is 532 g/mol. The molecule has 0 aliphatic heterocycles. The lowest BCUT2D eigenvalue weighted by atomic mass is 10.0. The smallest absolute Gasteiger partial charge is 0.346 e. The van der Waals surface area contributed by atoms with Gasteiger partial charge in [0.1, 0.15) is 0 Å². The Bertz CT molecular complexity index is 1320. The Labute approximate surface area is 219 Å². The van der Waals surface area contributed by atoms with Crippen LogP contribution >= 0.6 is 0 Å². The molecule has 1 atom stereocenters. The summed E-state index contributed by atoms with van der Waals surface area (Å²) in [5.74, 6) is -0.953. The van der Waals surface area contributed by atoms with E-state index >= 15 is 0 Å². The molecule has 2 heterocycles. The minimum atomic E-state index is -5.10. The minimum Gasteiger partial charge on any atom is -0.346 e. The third kappa shape index (κ3) is 6.64. The van der Waals surface area contributed by atoms with Crippen LogP contribution in [0.3, 0.4) is 0 Å². The zero-order chi connectivity index (χ0) is 29.3. The fourth-order valence-electron chi connectivity index (χ4n) is 3.38. The quantitative estimate of drug-likeness (QED) is 0.434. The Balaban J connectivity index is 1.97. The Morgan fingerprint density at radius 2 is 1.56 bits per heavy atom. The van der Waals surface area contributed by atoms with E-state index in [9.17, 15) is 35.9 Å². The molecule has 39 heavy (non-hydrogen) atoms. The summed E-state index contributed by atoms with van der Waals surface area (Å²) in [5.41, 5.74) is -3.74. The van der Waals surface area contributed by atoms with Crippen molar-refractivity contribution in [1.29, 1.82) is 0 Å². The second kappa shape index (κ2) is 10.9. The predicted octanol–water partition coefficient (Wildman–Crippen LogP) is 4.35. The van der Waals surface area contributed by atoms with E-state index < -0.39 is 41.0 Å². The Kier molecular flexibility index (Phi) is 8.22. The van der Waals surface area contributed by atoms with Gasteiger partial charge in [0.15, 0.2) is 11.6 Å². The number of carbonyl (C=O) groups excluding carboxylic acids is 2. The highest BCUT2D eigenvalue weighted by molar-refractivity contribution is 5.95. The van der Waals surface area contributed by atoms with Crippen molar-refractivity contribution in [3.05, 3.63) is 64.6 Å². The van der Waals surface area contributed by atoms with Crippen molar-refractivity contribution >= 4 is 17.8 Å². The number of amides is 2. The average Bonchev–Trinajstić information content (AvgIpc) is 3.32. The number of carbonyl (C=O) groups is 2. The zero-order valence-electron chi connectivity index (χ0n) is 21.5. The molecule has 2 amide bonds. The number of nitrogens with zero attached hydrogens (tertiary/aromatic N) is 6. The van der Waals surface area contributed by atoms with Gasteiger partial charge in [-0.2, -0.15) is 36.0 Å². The van der Waals surface area contributed by atoms with E-state index in [0.717, 1.165) is 0 Å². The molecule has 15 heteroatoms. The van der Waals surface area contributed by atoms with E-state index in [1.54, 1.807) is 26.0 Å². The van der Waals surface area contributed by atoms with Gasteiger partial charge >= 0.3 is 12.4 Å². The van der Waals surface area contributed by atoms with Crippen LogP contribution in [0.15, 0.2) is 36.5 Å². The maximum absolute atomic E-state index is 13.2. The summed E-state index contributed by atoms with van der Waals surface area (Å²) in [4.78, 5) is 36.8. The third-order valence-corrected chi connectivity index (χ3v) is 5.64. The first-order chi connectivity index (χ1) is 18.0. The number of pyridine rings is 1. The van der Waals surface area contributed by atoms with E-state index in [0.29, 0.717) is 24.2 Å². The summed E-state index contributed by atoms with van der Waals surface area (Å²) >= 11 is 0. The first-order valence-corrected chi connectivity index (χ1v) is 11.5. The van der Waals surface area contributed by atoms with Crippen molar-refractivity contribution in [2.45, 2.75) is 32.2 Å². The highest BCUT2D eigenvalue weighted by atomic mass is 19.4. The Morgan fingerprint density at radius 1 is 0.974 bits per heavy atom. The van der Waals surface area contributed by atoms with Crippen LogP contribution in [0.4, 0.5) is 32.3 Å². The van der Waals surface area contributed by atoms with Crippen molar-refractivity contribution in [3.63, 3.8) is 0 Å². The van der Waals surface area contributed by atoms with Gasteiger partial charge in [-0.25, -0.2) is 4.98 Å². The summed E-state index contributed by atoms with van der Waals surface area (Å²) in [5, 5.41) is 6.70. The van der Waals surface area contributed by atoms with Crippen LogP contribution in [0.5, 0.6) is 0 Å². The van der Waals surface area contributed by atoms with Gasteiger partial charge in [0.2, 0.25) is 5.95 Å². The van der Waals surface area contributed by atoms with Gasteiger partial charge in [-0.3, -0.25) is 9.59 Å². The van der Waals surface area contributed by atoms with Crippen LogP contribution in [0, 0.1) is 0 Å². The number of rotatable bonds is 7. The molecule has 9 nitrogen and oxygen atoms in total. The minimum absolute atomic E-state index is 0.0570. The van der Waals surface area contributed by atoms with Crippen molar-refractivity contribution in [2.24, 2.45) is 0 Å². The lowest BCUT2D eigenvalue weighted by Gasteiger charge is -2.17. The maximum atomic E-state index is 13.2. The van der Waals surface area contributed by atoms with Gasteiger partial charge < -0.3 is 15.1 Å². The summed E-state index contributed by atoms with van der Waals surface area (Å²) < 4.78 is 80.7. The van der Waals surface area contributed by atoms with Gasteiger partial charge in [0.25, 0.3) is 11.8 Å². The van der Waals surface area contributed by atoms with Crippen LogP contribution in [-0.4, -0.2) is 64.2 Å². The summed E-state index contributed by atoms with van der Waals surface area (Å²) in [6.45, 7) is 3.72. The Morgan fingerprint density at radius 3 is 2.03 bits per heavy atom. The van der Waals surface area contributed by atoms with Crippen LogP contribution in [0.1, 0.15) is 57.6 Å². The number of hydrogen-bond acceptors (Lipinski definition) is 6. The SMILES string of the molecule is CCN(C)C(=O)c1ccc(-n2nc(N(C)C)nc2C(C)NC(=O)c2cc(C(F)(F)F)cc(C(F)(F)F)c2)nc1. The fourth-order valence-corrected chi connectivity index (χ4v) is 3.38. The second-order valence-corrected chi connectivity index (χ2v) is 8.79. The third-order valence-electron chi connectivity index (χ3n) is 5.64. The molecule has 1 aromatic carbocycles. The average molecular weight is 557 g/mol. The molecule has 0 fully saturated rings. The summed E-state index contributed by atoms with van der Waals surface area (Å²) in [6.07, 6.45) is -8.88. The molecule has 1 unspecified atom stereocenters. The molecule has 0 spiro atoms. The predicted molar refractivity (Wildman–Crippen MR) is 128 cm³/mol. The molecular formula is C24H25F6N7O2. The number of hydrogen-bond donors (Lipinski definition) is 1. The van der Waals surface area contributed by atoms with Crippen molar-refractivity contribution in [3.8, 4) is 5.82 Å². The van der Waals surface area contributed by atoms with Gasteiger partial charge in [-0.05, 0) is 44.2 Å². The molecule has 2 aromatic heterocycles. The highest BCUT2D eigenvalue weighted by Gasteiger charge is 2.37. The number of halogens is 6. The molecule has 0 saturated heterocycles. The van der Waals surface area contributed by atoms with Crippen LogP contribution < -0.4 is 10.2 Å². The number of nitrogens with one attached hydrogen (secondary N) is 1. The van der Waals surface area contributed by atoms with E-state index in [1.165, 1.54) is 34.8 Å². The molecule has 1 N–H and O–H groups in total. The molecule has 3 rings (SSSR count). The number of aromatic nitrogens is 4. The van der Waals surface area contributed by atoms with E-state index in [4.69, 9.17) is 0 Å². The monoisotopic (exact) mass is 557 g/mol. The molecule has 3 aromatic rings. The summed E-state index contributed by atoms with van der Waals surface area (Å²) in [7, 11) is 4.91.